The van der Waals surface area contributed by atoms with Crippen LogP contribution in [0.4, 0.5) is 8.78 Å². The molecule has 0 aliphatic heterocycles. The van der Waals surface area contributed by atoms with Gasteiger partial charge in [-0.05, 0) is 35.9 Å². The normalized spacial score (nSPS) is 11.8. The maximum absolute atomic E-state index is 13.4. The van der Waals surface area contributed by atoms with Gasteiger partial charge < -0.3 is 5.11 Å². The largest absolute Gasteiger partial charge is 0.508 e. The lowest BCUT2D eigenvalue weighted by Gasteiger charge is -2.06. The number of benzene rings is 2. The van der Waals surface area contributed by atoms with Crippen molar-refractivity contribution in [1.29, 1.82) is 5.26 Å². The van der Waals surface area contributed by atoms with Gasteiger partial charge in [0.05, 0.1) is 16.6 Å². The molecule has 4 nitrogen and oxygen atoms in total. The third-order valence-electron chi connectivity index (χ3n) is 3.36. The van der Waals surface area contributed by atoms with Crippen molar-refractivity contribution >= 4 is 22.7 Å². The van der Waals surface area contributed by atoms with Crippen LogP contribution in [0.25, 0.3) is 22.7 Å². The summed E-state index contributed by atoms with van der Waals surface area (Å²) in [6, 6.07) is 14.5. The number of fused-ring (bicyclic) bond motifs is 1. The van der Waals surface area contributed by atoms with Gasteiger partial charge in [-0.25, -0.2) is 4.98 Å². The summed E-state index contributed by atoms with van der Waals surface area (Å²) < 4.78 is 27.6. The standard InChI is InChI=1S/C17H11F2N3O/c18-17(19)22-15-4-2-1-3-14(15)21-16(22)12(10-20)9-11-5-7-13(23)8-6-11/h1-9,17,23H. The molecule has 0 aliphatic carbocycles. The number of nitriles is 1. The minimum atomic E-state index is -2.81. The molecule has 114 valence electrons. The number of imidazole rings is 1. The van der Waals surface area contributed by atoms with Gasteiger partial charge in [-0.15, -0.1) is 0 Å². The van der Waals surface area contributed by atoms with Crippen LogP contribution in [-0.2, 0) is 0 Å². The highest BCUT2D eigenvalue weighted by molar-refractivity contribution is 5.91. The number of rotatable bonds is 3. The fraction of sp³-hybridized carbons (Fsp3) is 0.0588. The van der Waals surface area contributed by atoms with E-state index in [0.717, 1.165) is 4.57 Å². The fourth-order valence-electron chi connectivity index (χ4n) is 2.32. The molecule has 0 bridgehead atoms. The summed E-state index contributed by atoms with van der Waals surface area (Å²) in [5.74, 6) is -0.00254. The van der Waals surface area contributed by atoms with Crippen molar-refractivity contribution in [2.24, 2.45) is 0 Å². The van der Waals surface area contributed by atoms with E-state index in [9.17, 15) is 19.1 Å². The van der Waals surface area contributed by atoms with Crippen molar-refractivity contribution in [3.05, 3.63) is 59.9 Å². The molecule has 6 heteroatoms. The first-order valence-corrected chi connectivity index (χ1v) is 6.76. The monoisotopic (exact) mass is 311 g/mol. The molecule has 0 fully saturated rings. The molecule has 0 spiro atoms. The summed E-state index contributed by atoms with van der Waals surface area (Å²) >= 11 is 0. The Hall–Kier alpha value is -3.20. The SMILES string of the molecule is N#CC(=Cc1ccc(O)cc1)c1nc2ccccc2n1C(F)F. The van der Waals surface area contributed by atoms with E-state index in [0.29, 0.717) is 11.1 Å². The van der Waals surface area contributed by atoms with Crippen molar-refractivity contribution in [1.82, 2.24) is 9.55 Å². The van der Waals surface area contributed by atoms with Crippen molar-refractivity contribution in [2.45, 2.75) is 6.55 Å². The maximum atomic E-state index is 13.4. The third-order valence-corrected chi connectivity index (χ3v) is 3.36. The van der Waals surface area contributed by atoms with E-state index in [1.54, 1.807) is 30.3 Å². The van der Waals surface area contributed by atoms with E-state index in [-0.39, 0.29) is 22.7 Å². The lowest BCUT2D eigenvalue weighted by Crippen LogP contribution is -2.03. The summed E-state index contributed by atoms with van der Waals surface area (Å²) in [5.41, 5.74) is 1.29. The second-order valence-corrected chi connectivity index (χ2v) is 4.83. The molecule has 0 atom stereocenters. The van der Waals surface area contributed by atoms with Gasteiger partial charge in [0.25, 0.3) is 0 Å². The third kappa shape index (κ3) is 2.77. The molecule has 0 radical (unpaired) electrons. The number of aromatic nitrogens is 2. The smallest absolute Gasteiger partial charge is 0.320 e. The van der Waals surface area contributed by atoms with Crippen LogP contribution in [-0.4, -0.2) is 14.7 Å². The highest BCUT2D eigenvalue weighted by atomic mass is 19.3. The van der Waals surface area contributed by atoms with Crippen molar-refractivity contribution < 1.29 is 13.9 Å². The number of allylic oxidation sites excluding steroid dienone is 1. The summed E-state index contributed by atoms with van der Waals surface area (Å²) in [5, 5.41) is 18.6. The molecule has 1 aromatic heterocycles. The molecular weight excluding hydrogens is 300 g/mol. The predicted octanol–water partition coefficient (Wildman–Crippen LogP) is 4.20. The molecule has 0 aliphatic rings. The van der Waals surface area contributed by atoms with Gasteiger partial charge in [-0.3, -0.25) is 4.57 Å². The van der Waals surface area contributed by atoms with Crippen molar-refractivity contribution in [3.63, 3.8) is 0 Å². The first kappa shape index (κ1) is 14.7. The van der Waals surface area contributed by atoms with E-state index in [4.69, 9.17) is 0 Å². The van der Waals surface area contributed by atoms with Gasteiger partial charge in [0.1, 0.15) is 11.8 Å². The number of nitrogens with zero attached hydrogens (tertiary/aromatic N) is 3. The molecule has 1 heterocycles. The maximum Gasteiger partial charge on any atom is 0.320 e. The van der Waals surface area contributed by atoms with Crippen LogP contribution < -0.4 is 0 Å². The zero-order valence-corrected chi connectivity index (χ0v) is 11.8. The molecular formula is C17H11F2N3O. The van der Waals surface area contributed by atoms with Crippen LogP contribution in [0.2, 0.25) is 0 Å². The van der Waals surface area contributed by atoms with Crippen LogP contribution in [0.1, 0.15) is 17.9 Å². The Morgan fingerprint density at radius 3 is 2.52 bits per heavy atom. The Labute approximate surface area is 130 Å². The molecule has 3 aromatic rings. The number of halogens is 2. The molecule has 0 saturated carbocycles. The Balaban J connectivity index is 2.19. The van der Waals surface area contributed by atoms with Gasteiger partial charge in [0, 0.05) is 0 Å². The van der Waals surface area contributed by atoms with E-state index in [1.165, 1.54) is 24.3 Å². The summed E-state index contributed by atoms with van der Waals surface area (Å²) in [4.78, 5) is 4.16. The van der Waals surface area contributed by atoms with E-state index in [2.05, 4.69) is 4.98 Å². The average molecular weight is 311 g/mol. The highest BCUT2D eigenvalue weighted by Crippen LogP contribution is 2.28. The molecule has 23 heavy (non-hydrogen) atoms. The average Bonchev–Trinajstić information content (AvgIpc) is 2.93. The second-order valence-electron chi connectivity index (χ2n) is 4.83. The minimum absolute atomic E-state index is 0.0205. The highest BCUT2D eigenvalue weighted by Gasteiger charge is 2.20. The van der Waals surface area contributed by atoms with Crippen LogP contribution in [0, 0.1) is 11.3 Å². The van der Waals surface area contributed by atoms with Crippen LogP contribution in [0.3, 0.4) is 0 Å². The Kier molecular flexibility index (Phi) is 3.77. The second kappa shape index (κ2) is 5.89. The van der Waals surface area contributed by atoms with Crippen LogP contribution in [0.15, 0.2) is 48.5 Å². The molecule has 0 unspecified atom stereocenters. The number of phenolic OH excluding ortho intramolecular Hbond substituents is 1. The lowest BCUT2D eigenvalue weighted by molar-refractivity contribution is 0.0738. The van der Waals surface area contributed by atoms with Gasteiger partial charge in [-0.1, -0.05) is 24.3 Å². The number of aromatic hydroxyl groups is 1. The van der Waals surface area contributed by atoms with E-state index >= 15 is 0 Å². The zero-order valence-electron chi connectivity index (χ0n) is 11.8. The zero-order chi connectivity index (χ0) is 16.4. The first-order chi connectivity index (χ1) is 11.1. The van der Waals surface area contributed by atoms with Gasteiger partial charge >= 0.3 is 6.55 Å². The number of phenols is 1. The Morgan fingerprint density at radius 1 is 1.17 bits per heavy atom. The van der Waals surface area contributed by atoms with E-state index in [1.807, 2.05) is 6.07 Å². The topological polar surface area (TPSA) is 61.8 Å². The van der Waals surface area contributed by atoms with Gasteiger partial charge in [0.2, 0.25) is 0 Å². The number of para-hydroxylation sites is 2. The van der Waals surface area contributed by atoms with E-state index < -0.39 is 6.55 Å². The quantitative estimate of drug-likeness (QED) is 0.737. The summed E-state index contributed by atoms with van der Waals surface area (Å²) in [6.45, 7) is -2.81. The number of hydrogen-bond donors (Lipinski definition) is 1. The number of alkyl halides is 2. The lowest BCUT2D eigenvalue weighted by atomic mass is 10.1. The summed E-state index contributed by atoms with van der Waals surface area (Å²) in [6.07, 6.45) is 1.46. The predicted molar refractivity (Wildman–Crippen MR) is 82.6 cm³/mol. The number of hydrogen-bond acceptors (Lipinski definition) is 3. The molecule has 2 aromatic carbocycles. The van der Waals surface area contributed by atoms with Crippen molar-refractivity contribution in [2.75, 3.05) is 0 Å². The Morgan fingerprint density at radius 2 is 1.87 bits per heavy atom. The molecule has 3 rings (SSSR count). The fourth-order valence-corrected chi connectivity index (χ4v) is 2.32. The van der Waals surface area contributed by atoms with Gasteiger partial charge in [-0.2, -0.15) is 14.0 Å². The Bertz CT molecular complexity index is 921. The van der Waals surface area contributed by atoms with Crippen LogP contribution >= 0.6 is 0 Å². The first-order valence-electron chi connectivity index (χ1n) is 6.76. The van der Waals surface area contributed by atoms with Crippen molar-refractivity contribution in [3.8, 4) is 11.8 Å². The van der Waals surface area contributed by atoms with Crippen LogP contribution in [0.5, 0.6) is 5.75 Å². The van der Waals surface area contributed by atoms with Gasteiger partial charge in [0.15, 0.2) is 5.82 Å². The molecule has 0 saturated heterocycles. The minimum Gasteiger partial charge on any atom is -0.508 e. The molecule has 1 N–H and O–H groups in total. The summed E-state index contributed by atoms with van der Waals surface area (Å²) in [7, 11) is 0. The molecule has 0 amide bonds.